The van der Waals surface area contributed by atoms with Gasteiger partial charge in [-0.1, -0.05) is 78.1 Å². The number of carbonyl (C=O) groups is 2. The van der Waals surface area contributed by atoms with E-state index in [-0.39, 0.29) is 12.1 Å². The van der Waals surface area contributed by atoms with Crippen LogP contribution in [0.4, 0.5) is 4.79 Å². The summed E-state index contributed by atoms with van der Waals surface area (Å²) in [7, 11) is 0. The number of esters is 1. The first-order chi connectivity index (χ1) is 13.2. The third kappa shape index (κ3) is 20.9. The van der Waals surface area contributed by atoms with Gasteiger partial charge in [-0.25, -0.2) is 4.79 Å². The average molecular weight is 386 g/mol. The Kier molecular flexibility index (Phi) is 20.1. The number of nitrogens with one attached hydrogen (secondary N) is 1. The summed E-state index contributed by atoms with van der Waals surface area (Å²) in [5.41, 5.74) is 0. The lowest BCUT2D eigenvalue weighted by Crippen LogP contribution is -2.25. The van der Waals surface area contributed by atoms with Crippen LogP contribution in [0.5, 0.6) is 0 Å². The molecule has 0 rings (SSSR count). The SMILES string of the molecule is CCCCCCCCCCCOC(=O)CCCCCNC(=O)OCCCC. The summed E-state index contributed by atoms with van der Waals surface area (Å²) in [5.74, 6) is -0.0958. The molecule has 0 spiro atoms. The van der Waals surface area contributed by atoms with Crippen LogP contribution in [0.1, 0.15) is 110 Å². The average Bonchev–Trinajstić information content (AvgIpc) is 2.66. The molecule has 0 aliphatic rings. The van der Waals surface area contributed by atoms with Crippen LogP contribution in [0.15, 0.2) is 0 Å². The highest BCUT2D eigenvalue weighted by Gasteiger charge is 2.03. The third-order valence-electron chi connectivity index (χ3n) is 4.57. The zero-order valence-electron chi connectivity index (χ0n) is 17.9. The molecule has 0 heterocycles. The molecule has 27 heavy (non-hydrogen) atoms. The first-order valence-corrected chi connectivity index (χ1v) is 11.3. The summed E-state index contributed by atoms with van der Waals surface area (Å²) < 4.78 is 10.3. The number of carbonyl (C=O) groups excluding carboxylic acids is 2. The molecule has 0 fully saturated rings. The normalized spacial score (nSPS) is 10.6. The molecule has 0 saturated carbocycles. The standard InChI is InChI=1S/C22H43NO4/c1-3-5-7-8-9-10-11-12-16-20-26-21(24)17-14-13-15-18-23-22(25)27-19-6-4-2/h3-20H2,1-2H3,(H,23,25). The molecule has 0 atom stereocenters. The Balaban J connectivity index is 3.25. The second-order valence-electron chi connectivity index (χ2n) is 7.28. The monoisotopic (exact) mass is 385 g/mol. The van der Waals surface area contributed by atoms with Crippen molar-refractivity contribution in [2.75, 3.05) is 19.8 Å². The molecule has 0 aliphatic carbocycles. The van der Waals surface area contributed by atoms with E-state index in [1.807, 2.05) is 0 Å². The van der Waals surface area contributed by atoms with E-state index in [0.717, 1.165) is 44.9 Å². The highest BCUT2D eigenvalue weighted by atomic mass is 16.5. The van der Waals surface area contributed by atoms with Crippen molar-refractivity contribution in [2.24, 2.45) is 0 Å². The largest absolute Gasteiger partial charge is 0.466 e. The van der Waals surface area contributed by atoms with Gasteiger partial charge in [0.2, 0.25) is 0 Å². The third-order valence-corrected chi connectivity index (χ3v) is 4.57. The van der Waals surface area contributed by atoms with E-state index >= 15 is 0 Å². The quantitative estimate of drug-likeness (QED) is 0.214. The van der Waals surface area contributed by atoms with Crippen molar-refractivity contribution in [3.8, 4) is 0 Å². The van der Waals surface area contributed by atoms with E-state index in [0.29, 0.717) is 26.2 Å². The molecule has 0 unspecified atom stereocenters. The maximum atomic E-state index is 11.7. The minimum absolute atomic E-state index is 0.0958. The Morgan fingerprint density at radius 1 is 0.630 bits per heavy atom. The number of alkyl carbamates (subject to hydrolysis) is 1. The second-order valence-corrected chi connectivity index (χ2v) is 7.28. The van der Waals surface area contributed by atoms with Gasteiger partial charge in [-0.15, -0.1) is 0 Å². The van der Waals surface area contributed by atoms with Gasteiger partial charge in [0.1, 0.15) is 0 Å². The summed E-state index contributed by atoms with van der Waals surface area (Å²) in [4.78, 5) is 23.0. The molecule has 1 amide bonds. The van der Waals surface area contributed by atoms with Crippen molar-refractivity contribution in [1.82, 2.24) is 5.32 Å². The van der Waals surface area contributed by atoms with Crippen molar-refractivity contribution in [1.29, 1.82) is 0 Å². The predicted octanol–water partition coefficient (Wildman–Crippen LogP) is 6.15. The van der Waals surface area contributed by atoms with Crippen LogP contribution in [0.25, 0.3) is 0 Å². The molecule has 0 aliphatic heterocycles. The fourth-order valence-corrected chi connectivity index (χ4v) is 2.79. The van der Waals surface area contributed by atoms with Gasteiger partial charge in [0.15, 0.2) is 0 Å². The lowest BCUT2D eigenvalue weighted by molar-refractivity contribution is -0.143. The van der Waals surface area contributed by atoms with Crippen molar-refractivity contribution < 1.29 is 19.1 Å². The lowest BCUT2D eigenvalue weighted by atomic mass is 10.1. The van der Waals surface area contributed by atoms with Crippen LogP contribution in [-0.4, -0.2) is 31.8 Å². The Morgan fingerprint density at radius 3 is 1.85 bits per heavy atom. The molecule has 0 saturated heterocycles. The molecule has 0 aromatic heterocycles. The molecule has 0 aromatic carbocycles. The topological polar surface area (TPSA) is 64.6 Å². The van der Waals surface area contributed by atoms with Crippen molar-refractivity contribution in [3.63, 3.8) is 0 Å². The van der Waals surface area contributed by atoms with Gasteiger partial charge < -0.3 is 14.8 Å². The van der Waals surface area contributed by atoms with Crippen LogP contribution in [0, 0.1) is 0 Å². The van der Waals surface area contributed by atoms with Crippen LogP contribution in [-0.2, 0) is 14.3 Å². The minimum Gasteiger partial charge on any atom is -0.466 e. The van der Waals surface area contributed by atoms with Gasteiger partial charge in [-0.05, 0) is 25.7 Å². The number of amides is 1. The first-order valence-electron chi connectivity index (χ1n) is 11.3. The summed E-state index contributed by atoms with van der Waals surface area (Å²) in [5, 5.41) is 2.73. The van der Waals surface area contributed by atoms with Crippen LogP contribution in [0.3, 0.4) is 0 Å². The van der Waals surface area contributed by atoms with E-state index in [2.05, 4.69) is 19.2 Å². The fraction of sp³-hybridized carbons (Fsp3) is 0.909. The molecule has 0 aromatic rings. The molecular formula is C22H43NO4. The van der Waals surface area contributed by atoms with E-state index in [1.165, 1.54) is 44.9 Å². The van der Waals surface area contributed by atoms with Gasteiger partial charge in [0, 0.05) is 13.0 Å². The summed E-state index contributed by atoms with van der Waals surface area (Å²) in [6.07, 6.45) is 16.0. The van der Waals surface area contributed by atoms with Crippen molar-refractivity contribution in [3.05, 3.63) is 0 Å². The molecular weight excluding hydrogens is 342 g/mol. The Bertz CT molecular complexity index is 347. The minimum atomic E-state index is -0.344. The van der Waals surface area contributed by atoms with Crippen molar-refractivity contribution in [2.45, 2.75) is 110 Å². The number of ether oxygens (including phenoxy) is 2. The first kappa shape index (κ1) is 25.7. The molecule has 5 nitrogen and oxygen atoms in total. The van der Waals surface area contributed by atoms with Gasteiger partial charge in [-0.3, -0.25) is 4.79 Å². The lowest BCUT2D eigenvalue weighted by Gasteiger charge is -2.07. The summed E-state index contributed by atoms with van der Waals surface area (Å²) in [6, 6.07) is 0. The number of hydrogen-bond donors (Lipinski definition) is 1. The highest BCUT2D eigenvalue weighted by Crippen LogP contribution is 2.10. The number of hydrogen-bond acceptors (Lipinski definition) is 4. The van der Waals surface area contributed by atoms with Crippen molar-refractivity contribution >= 4 is 12.1 Å². The number of rotatable bonds is 19. The highest BCUT2D eigenvalue weighted by molar-refractivity contribution is 5.69. The zero-order valence-corrected chi connectivity index (χ0v) is 17.9. The predicted molar refractivity (Wildman–Crippen MR) is 111 cm³/mol. The molecule has 0 bridgehead atoms. The molecule has 160 valence electrons. The van der Waals surface area contributed by atoms with E-state index in [9.17, 15) is 9.59 Å². The van der Waals surface area contributed by atoms with Gasteiger partial charge in [0.05, 0.1) is 13.2 Å². The van der Waals surface area contributed by atoms with Gasteiger partial charge in [-0.2, -0.15) is 0 Å². The summed E-state index contributed by atoms with van der Waals surface area (Å²) in [6.45, 7) is 5.93. The number of unbranched alkanes of at least 4 members (excludes halogenated alkanes) is 11. The Hall–Kier alpha value is -1.26. The van der Waals surface area contributed by atoms with Crippen LogP contribution < -0.4 is 5.32 Å². The zero-order chi connectivity index (χ0) is 20.0. The molecule has 1 N–H and O–H groups in total. The molecule has 5 heteroatoms. The van der Waals surface area contributed by atoms with E-state index in [4.69, 9.17) is 9.47 Å². The Labute approximate surface area is 167 Å². The van der Waals surface area contributed by atoms with Gasteiger partial charge in [0.25, 0.3) is 0 Å². The second kappa shape index (κ2) is 21.0. The smallest absolute Gasteiger partial charge is 0.407 e. The van der Waals surface area contributed by atoms with E-state index < -0.39 is 0 Å². The van der Waals surface area contributed by atoms with Crippen LogP contribution >= 0.6 is 0 Å². The molecule has 0 radical (unpaired) electrons. The maximum Gasteiger partial charge on any atom is 0.407 e. The van der Waals surface area contributed by atoms with E-state index in [1.54, 1.807) is 0 Å². The maximum absolute atomic E-state index is 11.7. The van der Waals surface area contributed by atoms with Gasteiger partial charge >= 0.3 is 12.1 Å². The summed E-state index contributed by atoms with van der Waals surface area (Å²) >= 11 is 0. The van der Waals surface area contributed by atoms with Crippen LogP contribution in [0.2, 0.25) is 0 Å². The Morgan fingerprint density at radius 2 is 1.19 bits per heavy atom. The fourth-order valence-electron chi connectivity index (χ4n) is 2.79.